The summed E-state index contributed by atoms with van der Waals surface area (Å²) < 4.78 is 10.5. The number of phenols is 2. The van der Waals surface area contributed by atoms with Crippen molar-refractivity contribution in [1.82, 2.24) is 0 Å². The van der Waals surface area contributed by atoms with Crippen molar-refractivity contribution in [2.75, 3.05) is 14.2 Å². The summed E-state index contributed by atoms with van der Waals surface area (Å²) >= 11 is 0. The van der Waals surface area contributed by atoms with Crippen LogP contribution in [-0.2, 0) is 5.41 Å². The number of aryl methyl sites for hydroxylation is 1. The van der Waals surface area contributed by atoms with Crippen LogP contribution in [0.4, 0.5) is 0 Å². The Bertz CT molecular complexity index is 727. The van der Waals surface area contributed by atoms with Crippen LogP contribution in [0.25, 0.3) is 11.1 Å². The van der Waals surface area contributed by atoms with Crippen molar-refractivity contribution in [3.63, 3.8) is 0 Å². The fourth-order valence-corrected chi connectivity index (χ4v) is 2.63. The van der Waals surface area contributed by atoms with E-state index in [2.05, 4.69) is 0 Å². The zero-order valence-electron chi connectivity index (χ0n) is 14.5. The van der Waals surface area contributed by atoms with Crippen molar-refractivity contribution in [1.29, 1.82) is 0 Å². The van der Waals surface area contributed by atoms with Gasteiger partial charge in [-0.05, 0) is 47.7 Å². The summed E-state index contributed by atoms with van der Waals surface area (Å²) in [5, 5.41) is 20.9. The molecule has 124 valence electrons. The molecule has 0 heterocycles. The van der Waals surface area contributed by atoms with Crippen LogP contribution in [0.5, 0.6) is 23.0 Å². The van der Waals surface area contributed by atoms with Crippen LogP contribution < -0.4 is 9.47 Å². The third kappa shape index (κ3) is 3.21. The second-order valence-electron chi connectivity index (χ2n) is 6.66. The van der Waals surface area contributed by atoms with Gasteiger partial charge in [-0.1, -0.05) is 20.8 Å². The van der Waals surface area contributed by atoms with Crippen LogP contribution in [-0.4, -0.2) is 24.4 Å². The van der Waals surface area contributed by atoms with Crippen LogP contribution in [0.1, 0.15) is 31.9 Å². The standard InChI is InChI=1S/C19H24O4/c1-11-7-17(23-6)16(20)10-13(11)14-8-12(22-5)9-15(18(14)21)19(2,3)4/h7-10,20-21H,1-6H3. The summed E-state index contributed by atoms with van der Waals surface area (Å²) in [7, 11) is 3.11. The summed E-state index contributed by atoms with van der Waals surface area (Å²) in [6, 6.07) is 6.98. The Morgan fingerprint density at radius 3 is 2.04 bits per heavy atom. The molecule has 0 saturated carbocycles. The van der Waals surface area contributed by atoms with Crippen LogP contribution in [0.2, 0.25) is 0 Å². The molecule has 0 amide bonds. The summed E-state index contributed by atoms with van der Waals surface area (Å²) in [4.78, 5) is 0. The number of ether oxygens (including phenoxy) is 2. The minimum atomic E-state index is -0.240. The molecule has 0 saturated heterocycles. The molecule has 2 N–H and O–H groups in total. The van der Waals surface area contributed by atoms with E-state index in [-0.39, 0.29) is 16.9 Å². The average molecular weight is 316 g/mol. The van der Waals surface area contributed by atoms with Crippen molar-refractivity contribution < 1.29 is 19.7 Å². The smallest absolute Gasteiger partial charge is 0.160 e. The molecule has 4 nitrogen and oxygen atoms in total. The van der Waals surface area contributed by atoms with Crippen LogP contribution >= 0.6 is 0 Å². The lowest BCUT2D eigenvalue weighted by atomic mass is 9.83. The molecule has 0 spiro atoms. The van der Waals surface area contributed by atoms with Gasteiger partial charge in [-0.3, -0.25) is 0 Å². The molecular formula is C19H24O4. The largest absolute Gasteiger partial charge is 0.507 e. The van der Waals surface area contributed by atoms with Crippen molar-refractivity contribution in [2.45, 2.75) is 33.1 Å². The lowest BCUT2D eigenvalue weighted by molar-refractivity contribution is 0.373. The lowest BCUT2D eigenvalue weighted by Gasteiger charge is -2.23. The normalized spacial score (nSPS) is 11.4. The molecule has 2 aromatic rings. The predicted octanol–water partition coefficient (Wildman–Crippen LogP) is 4.39. The maximum Gasteiger partial charge on any atom is 0.160 e. The van der Waals surface area contributed by atoms with Crippen LogP contribution in [0, 0.1) is 6.92 Å². The van der Waals surface area contributed by atoms with Gasteiger partial charge in [0.15, 0.2) is 11.5 Å². The Balaban J connectivity index is 2.76. The van der Waals surface area contributed by atoms with Gasteiger partial charge in [0.1, 0.15) is 11.5 Å². The molecule has 0 radical (unpaired) electrons. The van der Waals surface area contributed by atoms with Gasteiger partial charge in [0.25, 0.3) is 0 Å². The third-order valence-corrected chi connectivity index (χ3v) is 3.94. The number of benzene rings is 2. The predicted molar refractivity (Wildman–Crippen MR) is 91.7 cm³/mol. The molecule has 0 aliphatic rings. The SMILES string of the molecule is COc1cc(-c2cc(O)c(OC)cc2C)c(O)c(C(C)(C)C)c1. The Hall–Kier alpha value is -2.36. The molecule has 0 aromatic heterocycles. The van der Waals surface area contributed by atoms with E-state index in [1.807, 2.05) is 33.8 Å². The molecular weight excluding hydrogens is 292 g/mol. The molecule has 4 heteroatoms. The Labute approximate surface area is 137 Å². The Morgan fingerprint density at radius 1 is 0.870 bits per heavy atom. The first-order valence-corrected chi connectivity index (χ1v) is 7.48. The molecule has 23 heavy (non-hydrogen) atoms. The first kappa shape index (κ1) is 17.0. The summed E-state index contributed by atoms with van der Waals surface area (Å²) in [6.07, 6.45) is 0. The fraction of sp³-hybridized carbons (Fsp3) is 0.368. The van der Waals surface area contributed by atoms with E-state index in [9.17, 15) is 10.2 Å². The lowest BCUT2D eigenvalue weighted by Crippen LogP contribution is -2.12. The maximum atomic E-state index is 10.8. The highest BCUT2D eigenvalue weighted by atomic mass is 16.5. The highest BCUT2D eigenvalue weighted by Crippen LogP contribution is 2.44. The molecule has 0 aliphatic heterocycles. The van der Waals surface area contributed by atoms with Crippen molar-refractivity contribution in [2.24, 2.45) is 0 Å². The second-order valence-corrected chi connectivity index (χ2v) is 6.66. The number of phenolic OH excluding ortho intramolecular Hbond substituents is 2. The molecule has 2 rings (SSSR count). The Morgan fingerprint density at radius 2 is 1.52 bits per heavy atom. The number of rotatable bonds is 3. The van der Waals surface area contributed by atoms with Gasteiger partial charge < -0.3 is 19.7 Å². The zero-order chi connectivity index (χ0) is 17.4. The van der Waals surface area contributed by atoms with Crippen molar-refractivity contribution >= 4 is 0 Å². The first-order valence-electron chi connectivity index (χ1n) is 7.48. The highest BCUT2D eigenvalue weighted by molar-refractivity contribution is 5.78. The van der Waals surface area contributed by atoms with Gasteiger partial charge >= 0.3 is 0 Å². The molecule has 0 unspecified atom stereocenters. The number of aromatic hydroxyl groups is 2. The Kier molecular flexibility index (Phi) is 4.46. The first-order chi connectivity index (χ1) is 10.7. The molecule has 0 bridgehead atoms. The van der Waals surface area contributed by atoms with E-state index in [4.69, 9.17) is 9.47 Å². The third-order valence-electron chi connectivity index (χ3n) is 3.94. The van der Waals surface area contributed by atoms with E-state index < -0.39 is 0 Å². The average Bonchev–Trinajstić information content (AvgIpc) is 2.48. The van der Waals surface area contributed by atoms with E-state index >= 15 is 0 Å². The van der Waals surface area contributed by atoms with Crippen LogP contribution in [0.3, 0.4) is 0 Å². The highest BCUT2D eigenvalue weighted by Gasteiger charge is 2.23. The van der Waals surface area contributed by atoms with E-state index in [1.54, 1.807) is 25.3 Å². The number of hydrogen-bond acceptors (Lipinski definition) is 4. The van der Waals surface area contributed by atoms with E-state index in [1.165, 1.54) is 7.11 Å². The number of hydrogen-bond donors (Lipinski definition) is 2. The summed E-state index contributed by atoms with van der Waals surface area (Å²) in [5.74, 6) is 1.31. The molecule has 2 aromatic carbocycles. The maximum absolute atomic E-state index is 10.8. The molecule has 0 aliphatic carbocycles. The topological polar surface area (TPSA) is 58.9 Å². The van der Waals surface area contributed by atoms with Crippen molar-refractivity contribution in [3.05, 3.63) is 35.4 Å². The van der Waals surface area contributed by atoms with E-state index in [0.717, 1.165) is 16.7 Å². The quantitative estimate of drug-likeness (QED) is 0.882. The van der Waals surface area contributed by atoms with Gasteiger partial charge in [0.05, 0.1) is 14.2 Å². The van der Waals surface area contributed by atoms with Crippen LogP contribution in [0.15, 0.2) is 24.3 Å². The van der Waals surface area contributed by atoms with Gasteiger partial charge in [-0.25, -0.2) is 0 Å². The summed E-state index contributed by atoms with van der Waals surface area (Å²) in [5.41, 5.74) is 2.81. The molecule has 0 fully saturated rings. The minimum absolute atomic E-state index is 0.0348. The zero-order valence-corrected chi connectivity index (χ0v) is 14.5. The van der Waals surface area contributed by atoms with Gasteiger partial charge in [0, 0.05) is 11.1 Å². The van der Waals surface area contributed by atoms with E-state index in [0.29, 0.717) is 17.1 Å². The minimum Gasteiger partial charge on any atom is -0.507 e. The monoisotopic (exact) mass is 316 g/mol. The van der Waals surface area contributed by atoms with Crippen molar-refractivity contribution in [3.8, 4) is 34.1 Å². The summed E-state index contributed by atoms with van der Waals surface area (Å²) in [6.45, 7) is 8.00. The molecule has 0 atom stereocenters. The van der Waals surface area contributed by atoms with Gasteiger partial charge in [0.2, 0.25) is 0 Å². The second kappa shape index (κ2) is 6.03. The number of methoxy groups -OCH3 is 2. The van der Waals surface area contributed by atoms with Gasteiger partial charge in [-0.2, -0.15) is 0 Å². The fourth-order valence-electron chi connectivity index (χ4n) is 2.63. The van der Waals surface area contributed by atoms with Gasteiger partial charge in [-0.15, -0.1) is 0 Å².